The Morgan fingerprint density at radius 1 is 1.37 bits per heavy atom. The first-order valence-electron chi connectivity index (χ1n) is 5.40. The maximum Gasteiger partial charge on any atom is 0.275 e. The molecule has 1 aromatic heterocycles. The summed E-state index contributed by atoms with van der Waals surface area (Å²) in [6, 6.07) is 6.62. The highest BCUT2D eigenvalue weighted by atomic mass is 35.5. The molecule has 0 atom stereocenters. The molecule has 2 rings (SSSR count). The topological polar surface area (TPSA) is 78.7 Å². The van der Waals surface area contributed by atoms with Crippen LogP contribution in [-0.2, 0) is 0 Å². The first-order chi connectivity index (χ1) is 9.10. The Morgan fingerprint density at radius 2 is 2.16 bits per heavy atom. The van der Waals surface area contributed by atoms with Gasteiger partial charge >= 0.3 is 0 Å². The summed E-state index contributed by atoms with van der Waals surface area (Å²) in [6.07, 6.45) is 2.87. The summed E-state index contributed by atoms with van der Waals surface area (Å²) in [5.74, 6) is -0.439. The van der Waals surface area contributed by atoms with E-state index in [0.717, 1.165) is 5.69 Å². The van der Waals surface area contributed by atoms with E-state index in [4.69, 9.17) is 16.9 Å². The molecule has 0 aliphatic heterocycles. The lowest BCUT2D eigenvalue weighted by atomic mass is 10.2. The van der Waals surface area contributed by atoms with E-state index in [9.17, 15) is 4.79 Å². The SMILES string of the molecule is Cc1cnc(C(=O)Nc2cc(Cl)ccc2C#N)cn1. The molecule has 0 saturated heterocycles. The smallest absolute Gasteiger partial charge is 0.275 e. The Morgan fingerprint density at radius 3 is 2.79 bits per heavy atom. The summed E-state index contributed by atoms with van der Waals surface area (Å²) in [5, 5.41) is 12.0. The van der Waals surface area contributed by atoms with Gasteiger partial charge in [-0.2, -0.15) is 5.26 Å². The molecule has 6 heteroatoms. The molecule has 0 spiro atoms. The van der Waals surface area contributed by atoms with E-state index in [1.165, 1.54) is 18.5 Å². The molecule has 19 heavy (non-hydrogen) atoms. The van der Waals surface area contributed by atoms with Gasteiger partial charge in [-0.15, -0.1) is 0 Å². The van der Waals surface area contributed by atoms with Gasteiger partial charge in [0.15, 0.2) is 0 Å². The summed E-state index contributed by atoms with van der Waals surface area (Å²) < 4.78 is 0. The standard InChI is InChI=1S/C13H9ClN4O/c1-8-6-17-12(7-16-8)13(19)18-11-4-10(14)3-2-9(11)5-15/h2-4,6-7H,1H3,(H,18,19). The number of rotatable bonds is 2. The summed E-state index contributed by atoms with van der Waals surface area (Å²) in [4.78, 5) is 19.9. The van der Waals surface area contributed by atoms with E-state index in [-0.39, 0.29) is 5.69 Å². The van der Waals surface area contributed by atoms with Crippen LogP contribution in [0, 0.1) is 18.3 Å². The van der Waals surface area contributed by atoms with Gasteiger partial charge in [-0.05, 0) is 25.1 Å². The monoisotopic (exact) mass is 272 g/mol. The van der Waals surface area contributed by atoms with Crippen molar-refractivity contribution in [3.05, 3.63) is 52.6 Å². The van der Waals surface area contributed by atoms with E-state index in [1.54, 1.807) is 19.1 Å². The van der Waals surface area contributed by atoms with Crippen molar-refractivity contribution in [1.29, 1.82) is 5.26 Å². The lowest BCUT2D eigenvalue weighted by Crippen LogP contribution is -2.15. The molecule has 1 amide bonds. The van der Waals surface area contributed by atoms with Gasteiger partial charge in [0.2, 0.25) is 0 Å². The number of carbonyl (C=O) groups is 1. The van der Waals surface area contributed by atoms with Crippen LogP contribution in [0.4, 0.5) is 5.69 Å². The van der Waals surface area contributed by atoms with Gasteiger partial charge in [-0.3, -0.25) is 9.78 Å². The van der Waals surface area contributed by atoms with Gasteiger partial charge in [0, 0.05) is 11.2 Å². The largest absolute Gasteiger partial charge is 0.319 e. The molecule has 2 aromatic rings. The predicted octanol–water partition coefficient (Wildman–Crippen LogP) is 2.56. The number of nitriles is 1. The number of aromatic nitrogens is 2. The van der Waals surface area contributed by atoms with Crippen molar-refractivity contribution < 1.29 is 4.79 Å². The maximum absolute atomic E-state index is 11.9. The summed E-state index contributed by atoms with van der Waals surface area (Å²) in [7, 11) is 0. The molecule has 1 N–H and O–H groups in total. The van der Waals surface area contributed by atoms with Crippen LogP contribution in [0.1, 0.15) is 21.7 Å². The van der Waals surface area contributed by atoms with Crippen molar-refractivity contribution >= 4 is 23.2 Å². The van der Waals surface area contributed by atoms with Gasteiger partial charge in [-0.1, -0.05) is 11.6 Å². The highest BCUT2D eigenvalue weighted by Crippen LogP contribution is 2.20. The van der Waals surface area contributed by atoms with Crippen LogP contribution in [0.2, 0.25) is 5.02 Å². The Kier molecular flexibility index (Phi) is 3.74. The van der Waals surface area contributed by atoms with Crippen molar-refractivity contribution in [2.45, 2.75) is 6.92 Å². The first kappa shape index (κ1) is 13.0. The predicted molar refractivity (Wildman–Crippen MR) is 70.9 cm³/mol. The van der Waals surface area contributed by atoms with Crippen LogP contribution >= 0.6 is 11.6 Å². The van der Waals surface area contributed by atoms with E-state index < -0.39 is 5.91 Å². The van der Waals surface area contributed by atoms with Crippen LogP contribution in [0.5, 0.6) is 0 Å². The highest BCUT2D eigenvalue weighted by molar-refractivity contribution is 6.31. The number of nitrogens with one attached hydrogen (secondary N) is 1. The Bertz CT molecular complexity index is 661. The third-order valence-electron chi connectivity index (χ3n) is 2.36. The molecule has 0 aliphatic rings. The van der Waals surface area contributed by atoms with Gasteiger partial charge < -0.3 is 5.32 Å². The number of anilines is 1. The zero-order chi connectivity index (χ0) is 13.8. The minimum Gasteiger partial charge on any atom is -0.319 e. The third-order valence-corrected chi connectivity index (χ3v) is 2.60. The van der Waals surface area contributed by atoms with Crippen molar-refractivity contribution in [3.63, 3.8) is 0 Å². The fourth-order valence-electron chi connectivity index (χ4n) is 1.41. The molecule has 0 unspecified atom stereocenters. The van der Waals surface area contributed by atoms with Gasteiger partial charge in [0.1, 0.15) is 11.8 Å². The van der Waals surface area contributed by atoms with Gasteiger partial charge in [-0.25, -0.2) is 4.98 Å². The van der Waals surface area contributed by atoms with E-state index in [1.807, 2.05) is 6.07 Å². The molecule has 0 radical (unpaired) electrons. The second kappa shape index (κ2) is 5.46. The second-order valence-corrected chi connectivity index (χ2v) is 4.24. The first-order valence-corrected chi connectivity index (χ1v) is 5.77. The molecule has 0 aliphatic carbocycles. The van der Waals surface area contributed by atoms with Crippen LogP contribution in [0.15, 0.2) is 30.6 Å². The summed E-state index contributed by atoms with van der Waals surface area (Å²) in [5.41, 5.74) is 1.58. The average Bonchev–Trinajstić information content (AvgIpc) is 2.39. The Balaban J connectivity index is 2.26. The van der Waals surface area contributed by atoms with E-state index in [0.29, 0.717) is 16.3 Å². The van der Waals surface area contributed by atoms with Gasteiger partial charge in [0.05, 0.1) is 23.1 Å². The molecule has 1 aromatic carbocycles. The van der Waals surface area contributed by atoms with Crippen LogP contribution in [0.3, 0.4) is 0 Å². The molecule has 5 nitrogen and oxygen atoms in total. The van der Waals surface area contributed by atoms with E-state index in [2.05, 4.69) is 15.3 Å². The normalized spacial score (nSPS) is 9.74. The van der Waals surface area contributed by atoms with E-state index >= 15 is 0 Å². The minimum absolute atomic E-state index is 0.175. The number of carbonyl (C=O) groups excluding carboxylic acids is 1. The van der Waals surface area contributed by atoms with Crippen molar-refractivity contribution in [2.75, 3.05) is 5.32 Å². The Labute approximate surface area is 114 Å². The van der Waals surface area contributed by atoms with Crippen LogP contribution in [-0.4, -0.2) is 15.9 Å². The number of aryl methyl sites for hydroxylation is 1. The lowest BCUT2D eigenvalue weighted by molar-refractivity contribution is 0.102. The highest BCUT2D eigenvalue weighted by Gasteiger charge is 2.11. The van der Waals surface area contributed by atoms with Crippen LogP contribution in [0.25, 0.3) is 0 Å². The molecular formula is C13H9ClN4O. The number of amides is 1. The van der Waals surface area contributed by atoms with Crippen molar-refractivity contribution in [2.24, 2.45) is 0 Å². The molecule has 0 saturated carbocycles. The summed E-state index contributed by atoms with van der Waals surface area (Å²) in [6.45, 7) is 1.78. The molecule has 0 bridgehead atoms. The number of nitrogens with zero attached hydrogens (tertiary/aromatic N) is 3. The summed E-state index contributed by atoms with van der Waals surface area (Å²) >= 11 is 5.84. The number of hydrogen-bond donors (Lipinski definition) is 1. The fourth-order valence-corrected chi connectivity index (χ4v) is 1.59. The molecule has 94 valence electrons. The quantitative estimate of drug-likeness (QED) is 0.911. The van der Waals surface area contributed by atoms with Gasteiger partial charge in [0.25, 0.3) is 5.91 Å². The third kappa shape index (κ3) is 3.06. The fraction of sp³-hybridized carbons (Fsp3) is 0.0769. The molecular weight excluding hydrogens is 264 g/mol. The average molecular weight is 273 g/mol. The van der Waals surface area contributed by atoms with Crippen molar-refractivity contribution in [3.8, 4) is 6.07 Å². The molecule has 0 fully saturated rings. The maximum atomic E-state index is 11.9. The number of hydrogen-bond acceptors (Lipinski definition) is 4. The van der Waals surface area contributed by atoms with Crippen molar-refractivity contribution in [1.82, 2.24) is 9.97 Å². The second-order valence-electron chi connectivity index (χ2n) is 3.80. The number of benzene rings is 1. The Hall–Kier alpha value is -2.45. The zero-order valence-electron chi connectivity index (χ0n) is 10.0. The molecule has 1 heterocycles. The minimum atomic E-state index is -0.439. The number of halogens is 1. The zero-order valence-corrected chi connectivity index (χ0v) is 10.8. The lowest BCUT2D eigenvalue weighted by Gasteiger charge is -2.06. The van der Waals surface area contributed by atoms with Crippen LogP contribution < -0.4 is 5.32 Å².